The van der Waals surface area contributed by atoms with Crippen molar-refractivity contribution in [3.63, 3.8) is 0 Å². The highest BCUT2D eigenvalue weighted by Crippen LogP contribution is 2.28. The molecule has 0 bridgehead atoms. The third-order valence-electron chi connectivity index (χ3n) is 2.90. The first kappa shape index (κ1) is 14.7. The summed E-state index contributed by atoms with van der Waals surface area (Å²) in [6.45, 7) is 1.83. The fraction of sp³-hybridized carbons (Fsp3) is 0.188. The molecule has 1 N–H and O–H groups in total. The Morgan fingerprint density at radius 1 is 1.00 bits per heavy atom. The molecule has 0 amide bonds. The van der Waals surface area contributed by atoms with Gasteiger partial charge in [0.1, 0.15) is 11.5 Å². The molecule has 0 spiro atoms. The average molecular weight is 288 g/mol. The van der Waals surface area contributed by atoms with E-state index < -0.39 is 5.97 Å². The highest BCUT2D eigenvalue weighted by molar-refractivity contribution is 5.92. The zero-order chi connectivity index (χ0) is 15.4. The summed E-state index contributed by atoms with van der Waals surface area (Å²) >= 11 is 0. The van der Waals surface area contributed by atoms with Crippen LogP contribution >= 0.6 is 0 Å². The molecule has 110 valence electrons. The normalized spacial score (nSPS) is 10.0. The first-order valence-electron chi connectivity index (χ1n) is 6.28. The number of hydrogen-bond donors (Lipinski definition) is 1. The van der Waals surface area contributed by atoms with Gasteiger partial charge in [-0.3, -0.25) is 0 Å². The molecule has 2 aromatic rings. The summed E-state index contributed by atoms with van der Waals surface area (Å²) in [4.78, 5) is 12.1. The molecule has 5 heteroatoms. The summed E-state index contributed by atoms with van der Waals surface area (Å²) in [5.41, 5.74) is 1.14. The van der Waals surface area contributed by atoms with Crippen LogP contribution < -0.4 is 14.2 Å². The van der Waals surface area contributed by atoms with Crippen LogP contribution in [0.5, 0.6) is 23.0 Å². The van der Waals surface area contributed by atoms with Gasteiger partial charge in [-0.15, -0.1) is 0 Å². The lowest BCUT2D eigenvalue weighted by Gasteiger charge is -2.09. The number of benzene rings is 2. The van der Waals surface area contributed by atoms with Gasteiger partial charge in [0.25, 0.3) is 0 Å². The second kappa shape index (κ2) is 6.17. The molecule has 0 saturated heterocycles. The predicted octanol–water partition coefficient (Wildman–Crippen LogP) is 2.94. The summed E-state index contributed by atoms with van der Waals surface area (Å²) in [6.07, 6.45) is 0. The predicted molar refractivity (Wildman–Crippen MR) is 77.3 cm³/mol. The number of carbonyl (C=O) groups excluding carboxylic acids is 1. The zero-order valence-electron chi connectivity index (χ0n) is 12.0. The molecule has 0 radical (unpaired) electrons. The number of aromatic hydroxyl groups is 1. The third-order valence-corrected chi connectivity index (χ3v) is 2.90. The van der Waals surface area contributed by atoms with Crippen LogP contribution in [0.2, 0.25) is 0 Å². The van der Waals surface area contributed by atoms with Crippen molar-refractivity contribution in [3.8, 4) is 23.0 Å². The Bertz CT molecular complexity index is 641. The molecule has 0 heterocycles. The summed E-state index contributed by atoms with van der Waals surface area (Å²) in [7, 11) is 2.99. The van der Waals surface area contributed by atoms with Crippen molar-refractivity contribution in [2.75, 3.05) is 14.2 Å². The molecule has 5 nitrogen and oxygen atoms in total. The Morgan fingerprint density at radius 3 is 2.14 bits per heavy atom. The molecule has 2 aromatic carbocycles. The number of phenols is 1. The average Bonchev–Trinajstić information content (AvgIpc) is 2.49. The largest absolute Gasteiger partial charge is 0.504 e. The lowest BCUT2D eigenvalue weighted by atomic mass is 10.2. The minimum Gasteiger partial charge on any atom is -0.504 e. The standard InChI is InChI=1S/C16H16O5/c1-10-4-5-15(14(17)6-10)21-16(18)11-7-12(19-2)9-13(8-11)20-3/h4-9,17H,1-3H3. The van der Waals surface area contributed by atoms with Crippen LogP contribution in [-0.4, -0.2) is 25.3 Å². The second-order valence-corrected chi connectivity index (χ2v) is 4.46. The van der Waals surface area contributed by atoms with E-state index >= 15 is 0 Å². The van der Waals surface area contributed by atoms with Crippen LogP contribution in [0, 0.1) is 6.92 Å². The smallest absolute Gasteiger partial charge is 0.343 e. The lowest BCUT2D eigenvalue weighted by Crippen LogP contribution is -2.09. The van der Waals surface area contributed by atoms with E-state index in [1.165, 1.54) is 32.4 Å². The van der Waals surface area contributed by atoms with Gasteiger partial charge in [0.05, 0.1) is 19.8 Å². The van der Waals surface area contributed by atoms with E-state index in [1.807, 2.05) is 6.92 Å². The number of hydrogen-bond acceptors (Lipinski definition) is 5. The highest BCUT2D eigenvalue weighted by atomic mass is 16.5. The van der Waals surface area contributed by atoms with Gasteiger partial charge in [-0.1, -0.05) is 6.07 Å². The monoisotopic (exact) mass is 288 g/mol. The van der Waals surface area contributed by atoms with Crippen molar-refractivity contribution in [1.82, 2.24) is 0 Å². The van der Waals surface area contributed by atoms with E-state index in [4.69, 9.17) is 14.2 Å². The Morgan fingerprint density at radius 2 is 1.62 bits per heavy atom. The molecule has 21 heavy (non-hydrogen) atoms. The number of aryl methyl sites for hydroxylation is 1. The maximum atomic E-state index is 12.1. The second-order valence-electron chi connectivity index (χ2n) is 4.46. The van der Waals surface area contributed by atoms with Crippen molar-refractivity contribution in [3.05, 3.63) is 47.5 Å². The molecule has 0 aliphatic carbocycles. The first-order valence-corrected chi connectivity index (χ1v) is 6.28. The summed E-state index contributed by atoms with van der Waals surface area (Å²) in [5.74, 6) is 0.376. The maximum absolute atomic E-state index is 12.1. The van der Waals surface area contributed by atoms with E-state index in [2.05, 4.69) is 0 Å². The number of ether oxygens (including phenoxy) is 3. The third kappa shape index (κ3) is 3.45. The number of phenolic OH excluding ortho intramolecular Hbond substituents is 1. The molecule has 0 aromatic heterocycles. The van der Waals surface area contributed by atoms with Crippen LogP contribution in [0.1, 0.15) is 15.9 Å². The maximum Gasteiger partial charge on any atom is 0.343 e. The van der Waals surface area contributed by atoms with Crippen molar-refractivity contribution >= 4 is 5.97 Å². The number of carbonyl (C=O) groups is 1. The summed E-state index contributed by atoms with van der Waals surface area (Å²) in [5, 5.41) is 9.76. The number of rotatable bonds is 4. The van der Waals surface area contributed by atoms with Crippen molar-refractivity contribution in [2.45, 2.75) is 6.92 Å². The van der Waals surface area contributed by atoms with E-state index in [0.717, 1.165) is 5.56 Å². The molecule has 0 unspecified atom stereocenters. The Hall–Kier alpha value is -2.69. The highest BCUT2D eigenvalue weighted by Gasteiger charge is 2.14. The van der Waals surface area contributed by atoms with E-state index in [-0.39, 0.29) is 17.1 Å². The number of methoxy groups -OCH3 is 2. The minimum atomic E-state index is -0.605. The zero-order valence-corrected chi connectivity index (χ0v) is 12.0. The van der Waals surface area contributed by atoms with Gasteiger partial charge in [-0.25, -0.2) is 4.79 Å². The van der Waals surface area contributed by atoms with E-state index in [9.17, 15) is 9.90 Å². The number of esters is 1. The SMILES string of the molecule is COc1cc(OC)cc(C(=O)Oc2ccc(C)cc2O)c1. The summed E-state index contributed by atoms with van der Waals surface area (Å²) in [6, 6.07) is 9.54. The molecular formula is C16H16O5. The van der Waals surface area contributed by atoms with Gasteiger partial charge in [-0.05, 0) is 36.8 Å². The van der Waals surface area contributed by atoms with Gasteiger partial charge in [0, 0.05) is 6.07 Å². The molecule has 0 aliphatic heterocycles. The van der Waals surface area contributed by atoms with Crippen molar-refractivity contribution < 1.29 is 24.1 Å². The fourth-order valence-corrected chi connectivity index (χ4v) is 1.80. The topological polar surface area (TPSA) is 65.0 Å². The quantitative estimate of drug-likeness (QED) is 0.692. The Labute approximate surface area is 122 Å². The van der Waals surface area contributed by atoms with Gasteiger partial charge >= 0.3 is 5.97 Å². The van der Waals surface area contributed by atoms with Crippen LogP contribution in [0.15, 0.2) is 36.4 Å². The van der Waals surface area contributed by atoms with Crippen LogP contribution in [0.4, 0.5) is 0 Å². The van der Waals surface area contributed by atoms with E-state index in [0.29, 0.717) is 11.5 Å². The Balaban J connectivity index is 2.27. The van der Waals surface area contributed by atoms with E-state index in [1.54, 1.807) is 18.2 Å². The van der Waals surface area contributed by atoms with Crippen molar-refractivity contribution in [1.29, 1.82) is 0 Å². The minimum absolute atomic E-state index is 0.0850. The fourth-order valence-electron chi connectivity index (χ4n) is 1.80. The Kier molecular flexibility index (Phi) is 4.33. The molecule has 0 atom stereocenters. The van der Waals surface area contributed by atoms with Gasteiger partial charge < -0.3 is 19.3 Å². The molecule has 0 fully saturated rings. The van der Waals surface area contributed by atoms with Gasteiger partial charge in [-0.2, -0.15) is 0 Å². The van der Waals surface area contributed by atoms with Gasteiger partial charge in [0.15, 0.2) is 11.5 Å². The first-order chi connectivity index (χ1) is 10.0. The lowest BCUT2D eigenvalue weighted by molar-refractivity contribution is 0.0729. The molecule has 0 aliphatic rings. The van der Waals surface area contributed by atoms with Crippen LogP contribution in [0.3, 0.4) is 0 Å². The van der Waals surface area contributed by atoms with Crippen LogP contribution in [0.25, 0.3) is 0 Å². The molecule has 2 rings (SSSR count). The summed E-state index contributed by atoms with van der Waals surface area (Å²) < 4.78 is 15.4. The van der Waals surface area contributed by atoms with Crippen LogP contribution in [-0.2, 0) is 0 Å². The van der Waals surface area contributed by atoms with Crippen molar-refractivity contribution in [2.24, 2.45) is 0 Å². The molecular weight excluding hydrogens is 272 g/mol. The molecule has 0 saturated carbocycles. The van der Waals surface area contributed by atoms with Gasteiger partial charge in [0.2, 0.25) is 0 Å².